The lowest BCUT2D eigenvalue weighted by Gasteiger charge is -2.22. The van der Waals surface area contributed by atoms with E-state index in [1.807, 2.05) is 74.8 Å². The Morgan fingerprint density at radius 1 is 0.938 bits per heavy atom. The van der Waals surface area contributed by atoms with Gasteiger partial charge in [-0.05, 0) is 55.6 Å². The zero-order chi connectivity index (χ0) is 21.8. The van der Waals surface area contributed by atoms with E-state index in [9.17, 15) is 4.79 Å². The summed E-state index contributed by atoms with van der Waals surface area (Å²) in [7, 11) is 5.65. The van der Waals surface area contributed by atoms with Crippen LogP contribution in [0.2, 0.25) is 0 Å². The predicted octanol–water partition coefficient (Wildman–Crippen LogP) is 5.60. The maximum Gasteiger partial charge on any atom is 0.260 e. The number of methoxy groups -OCH3 is 1. The lowest BCUT2D eigenvalue weighted by Crippen LogP contribution is -2.36. The summed E-state index contributed by atoms with van der Waals surface area (Å²) in [5, 5.41) is 0.697. The highest BCUT2D eigenvalue weighted by Gasteiger charge is 2.21. The highest BCUT2D eigenvalue weighted by molar-refractivity contribution is 7.22. The summed E-state index contributed by atoms with van der Waals surface area (Å²) < 4.78 is 6.32. The Labute approximate surface area is 198 Å². The largest absolute Gasteiger partial charge is 0.497 e. The molecule has 0 bridgehead atoms. The van der Waals surface area contributed by atoms with Gasteiger partial charge in [0.1, 0.15) is 5.75 Å². The van der Waals surface area contributed by atoms with Crippen LogP contribution in [-0.2, 0) is 0 Å². The first-order valence-electron chi connectivity index (χ1n) is 10.1. The molecule has 166 valence electrons. The van der Waals surface area contributed by atoms with Crippen LogP contribution >= 0.6 is 23.7 Å². The first-order chi connectivity index (χ1) is 15.0. The van der Waals surface area contributed by atoms with Gasteiger partial charge in [-0.25, -0.2) is 4.98 Å². The summed E-state index contributed by atoms with van der Waals surface area (Å²) in [5.74, 6) is 0.734. The Morgan fingerprint density at radius 2 is 1.62 bits per heavy atom. The first kappa shape index (κ1) is 23.7. The fourth-order valence-corrected chi connectivity index (χ4v) is 4.33. The molecule has 7 heteroatoms. The van der Waals surface area contributed by atoms with Gasteiger partial charge in [0.2, 0.25) is 0 Å². The van der Waals surface area contributed by atoms with E-state index in [4.69, 9.17) is 9.72 Å². The Hall–Kier alpha value is -2.93. The lowest BCUT2D eigenvalue weighted by atomic mass is 10.0. The molecule has 0 aliphatic heterocycles. The quantitative estimate of drug-likeness (QED) is 0.355. The molecule has 0 saturated heterocycles. The van der Waals surface area contributed by atoms with Gasteiger partial charge in [0.25, 0.3) is 5.91 Å². The number of nitrogens with zero attached hydrogens (tertiary/aromatic N) is 3. The highest BCUT2D eigenvalue weighted by Crippen LogP contribution is 2.32. The van der Waals surface area contributed by atoms with Crippen molar-refractivity contribution < 1.29 is 9.53 Å². The molecular weight excluding hydrogens is 442 g/mol. The molecule has 0 fully saturated rings. The number of likely N-dealkylation sites (N-methyl/N-ethyl adjacent to an activating group) is 1. The van der Waals surface area contributed by atoms with E-state index >= 15 is 0 Å². The Kier molecular flexibility index (Phi) is 7.85. The minimum Gasteiger partial charge on any atom is -0.497 e. The number of hydrogen-bond donors (Lipinski definition) is 0. The van der Waals surface area contributed by atoms with Crippen LogP contribution in [0.25, 0.3) is 21.3 Å². The van der Waals surface area contributed by atoms with Crippen molar-refractivity contribution in [3.8, 4) is 16.9 Å². The van der Waals surface area contributed by atoms with Gasteiger partial charge in [0.15, 0.2) is 5.13 Å². The van der Waals surface area contributed by atoms with E-state index in [-0.39, 0.29) is 18.3 Å². The van der Waals surface area contributed by atoms with Crippen LogP contribution in [0.3, 0.4) is 0 Å². The molecule has 0 spiro atoms. The Balaban J connectivity index is 0.00000289. The standard InChI is InChI=1S/C25H25N3O2S.ClH/c1-27(2)15-16-28(25-26-22-14-13-21(30-3)17-23(22)31-25)24(29)20-11-9-19(10-12-20)18-7-5-4-6-8-18;/h4-14,17H,15-16H2,1-3H3;1H. The number of benzene rings is 3. The maximum atomic E-state index is 13.5. The average Bonchev–Trinajstić information content (AvgIpc) is 3.22. The topological polar surface area (TPSA) is 45.7 Å². The van der Waals surface area contributed by atoms with Crippen molar-refractivity contribution in [1.82, 2.24) is 9.88 Å². The normalized spacial score (nSPS) is 10.8. The third kappa shape index (κ3) is 5.27. The zero-order valence-electron chi connectivity index (χ0n) is 18.3. The number of halogens is 1. The molecule has 4 rings (SSSR count). The van der Waals surface area contributed by atoms with Crippen LogP contribution in [0.15, 0.2) is 72.8 Å². The number of rotatable bonds is 7. The molecule has 1 heterocycles. The van der Waals surface area contributed by atoms with E-state index in [1.54, 1.807) is 12.0 Å². The summed E-state index contributed by atoms with van der Waals surface area (Å²) in [6.45, 7) is 1.30. The van der Waals surface area contributed by atoms with E-state index < -0.39 is 0 Å². The summed E-state index contributed by atoms with van der Waals surface area (Å²) in [6.07, 6.45) is 0. The first-order valence-corrected chi connectivity index (χ1v) is 10.9. The molecular formula is C25H26ClN3O2S. The van der Waals surface area contributed by atoms with Gasteiger partial charge >= 0.3 is 0 Å². The molecule has 0 radical (unpaired) electrons. The number of ether oxygens (including phenoxy) is 1. The van der Waals surface area contributed by atoms with Gasteiger partial charge in [0, 0.05) is 18.7 Å². The summed E-state index contributed by atoms with van der Waals surface area (Å²) >= 11 is 1.51. The molecule has 0 N–H and O–H groups in total. The third-order valence-corrected chi connectivity index (χ3v) is 6.11. The predicted molar refractivity (Wildman–Crippen MR) is 136 cm³/mol. The van der Waals surface area contributed by atoms with Gasteiger partial charge in [-0.2, -0.15) is 0 Å². The molecule has 0 saturated carbocycles. The molecule has 1 aromatic heterocycles. The number of carbonyl (C=O) groups is 1. The van der Waals surface area contributed by atoms with Crippen LogP contribution in [0.4, 0.5) is 5.13 Å². The van der Waals surface area contributed by atoms with Crippen molar-refractivity contribution in [3.63, 3.8) is 0 Å². The highest BCUT2D eigenvalue weighted by atomic mass is 35.5. The second-order valence-corrected chi connectivity index (χ2v) is 8.54. The smallest absolute Gasteiger partial charge is 0.260 e. The lowest BCUT2D eigenvalue weighted by molar-refractivity contribution is 0.0985. The molecule has 0 aliphatic rings. The molecule has 5 nitrogen and oxygen atoms in total. The number of thiazole rings is 1. The minimum atomic E-state index is -0.0486. The third-order valence-electron chi connectivity index (χ3n) is 5.07. The Bertz CT molecular complexity index is 1180. The van der Waals surface area contributed by atoms with Crippen molar-refractivity contribution in [3.05, 3.63) is 78.4 Å². The zero-order valence-corrected chi connectivity index (χ0v) is 20.0. The van der Waals surface area contributed by atoms with E-state index in [0.29, 0.717) is 17.2 Å². The summed E-state index contributed by atoms with van der Waals surface area (Å²) in [4.78, 5) is 22.0. The summed E-state index contributed by atoms with van der Waals surface area (Å²) in [5.41, 5.74) is 3.73. The van der Waals surface area contributed by atoms with Crippen LogP contribution in [0.1, 0.15) is 10.4 Å². The van der Waals surface area contributed by atoms with E-state index in [1.165, 1.54) is 11.3 Å². The second kappa shape index (κ2) is 10.6. The summed E-state index contributed by atoms with van der Waals surface area (Å²) in [6, 6.07) is 23.7. The minimum absolute atomic E-state index is 0. The Morgan fingerprint density at radius 3 is 2.28 bits per heavy atom. The van der Waals surface area contributed by atoms with Crippen LogP contribution < -0.4 is 9.64 Å². The van der Waals surface area contributed by atoms with Crippen molar-refractivity contribution in [1.29, 1.82) is 0 Å². The molecule has 3 aromatic carbocycles. The van der Waals surface area contributed by atoms with Gasteiger partial charge in [-0.15, -0.1) is 12.4 Å². The van der Waals surface area contributed by atoms with Crippen molar-refractivity contribution >= 4 is 45.0 Å². The molecule has 0 aliphatic carbocycles. The van der Waals surface area contributed by atoms with Gasteiger partial charge in [0.05, 0.1) is 17.3 Å². The van der Waals surface area contributed by atoms with Gasteiger partial charge in [-0.3, -0.25) is 9.69 Å². The van der Waals surface area contributed by atoms with Crippen LogP contribution in [-0.4, -0.2) is 50.1 Å². The fraction of sp³-hybridized carbons (Fsp3) is 0.200. The monoisotopic (exact) mass is 467 g/mol. The number of hydrogen-bond acceptors (Lipinski definition) is 5. The molecule has 0 atom stereocenters. The number of aromatic nitrogens is 1. The van der Waals surface area contributed by atoms with Crippen LogP contribution in [0, 0.1) is 0 Å². The molecule has 4 aromatic rings. The molecule has 0 unspecified atom stereocenters. The molecule has 32 heavy (non-hydrogen) atoms. The second-order valence-electron chi connectivity index (χ2n) is 7.53. The number of amides is 1. The van der Waals surface area contributed by atoms with Crippen molar-refractivity contribution in [2.45, 2.75) is 0 Å². The van der Waals surface area contributed by atoms with Crippen molar-refractivity contribution in [2.24, 2.45) is 0 Å². The number of carbonyl (C=O) groups excluding carboxylic acids is 1. The van der Waals surface area contributed by atoms with Gasteiger partial charge in [-0.1, -0.05) is 53.8 Å². The van der Waals surface area contributed by atoms with E-state index in [0.717, 1.165) is 33.6 Å². The maximum absolute atomic E-state index is 13.5. The number of anilines is 1. The number of fused-ring (bicyclic) bond motifs is 1. The van der Waals surface area contributed by atoms with Gasteiger partial charge < -0.3 is 9.64 Å². The fourth-order valence-electron chi connectivity index (χ4n) is 3.31. The van der Waals surface area contributed by atoms with Crippen LogP contribution in [0.5, 0.6) is 5.75 Å². The average molecular weight is 468 g/mol. The SMILES string of the molecule is COc1ccc2nc(N(CCN(C)C)C(=O)c3ccc(-c4ccccc4)cc3)sc2c1.Cl. The van der Waals surface area contributed by atoms with Crippen molar-refractivity contribution in [2.75, 3.05) is 39.2 Å². The van der Waals surface area contributed by atoms with E-state index in [2.05, 4.69) is 17.0 Å². The molecule has 1 amide bonds.